The number of aliphatic hydroxyl groups excluding tert-OH is 1. The second-order valence-corrected chi connectivity index (χ2v) is 5.30. The predicted octanol–water partition coefficient (Wildman–Crippen LogP) is 2.31. The number of aliphatic hydroxyl groups is 1. The van der Waals surface area contributed by atoms with Gasteiger partial charge in [0.25, 0.3) is 0 Å². The van der Waals surface area contributed by atoms with Crippen LogP contribution in [0.15, 0.2) is 18.2 Å². The van der Waals surface area contributed by atoms with Crippen molar-refractivity contribution in [2.75, 3.05) is 0 Å². The summed E-state index contributed by atoms with van der Waals surface area (Å²) >= 11 is 0. The standard InChI is InChI=1S/C15H20FNO3/c16-12-7-6-10(15(19)20)8-11(12)9-17-13-4-2-1-3-5-14(13)18/h6-8,13-14,17-18H,1-5,9H2,(H,19,20). The van der Waals surface area contributed by atoms with Gasteiger partial charge in [-0.2, -0.15) is 0 Å². The molecule has 5 heteroatoms. The van der Waals surface area contributed by atoms with Gasteiger partial charge in [-0.25, -0.2) is 9.18 Å². The maximum atomic E-state index is 13.7. The predicted molar refractivity (Wildman–Crippen MR) is 73.1 cm³/mol. The summed E-state index contributed by atoms with van der Waals surface area (Å²) in [6.07, 6.45) is 4.38. The van der Waals surface area contributed by atoms with E-state index in [4.69, 9.17) is 5.11 Å². The Morgan fingerprint density at radius 1 is 1.30 bits per heavy atom. The van der Waals surface area contributed by atoms with E-state index in [1.54, 1.807) is 0 Å². The second-order valence-electron chi connectivity index (χ2n) is 5.30. The number of hydrogen-bond acceptors (Lipinski definition) is 3. The molecule has 0 aromatic heterocycles. The molecule has 1 aliphatic carbocycles. The smallest absolute Gasteiger partial charge is 0.335 e. The molecule has 1 saturated carbocycles. The van der Waals surface area contributed by atoms with Gasteiger partial charge in [-0.15, -0.1) is 0 Å². The van der Waals surface area contributed by atoms with Crippen molar-refractivity contribution >= 4 is 5.97 Å². The molecule has 0 radical (unpaired) electrons. The highest BCUT2D eigenvalue weighted by atomic mass is 19.1. The van der Waals surface area contributed by atoms with E-state index < -0.39 is 17.9 Å². The molecule has 0 amide bonds. The molecule has 2 atom stereocenters. The molecule has 1 aromatic carbocycles. The Morgan fingerprint density at radius 3 is 2.80 bits per heavy atom. The molecule has 20 heavy (non-hydrogen) atoms. The molecule has 1 aliphatic rings. The second kappa shape index (κ2) is 6.81. The summed E-state index contributed by atoms with van der Waals surface area (Å²) in [7, 11) is 0. The molecular weight excluding hydrogens is 261 g/mol. The first kappa shape index (κ1) is 14.9. The first-order valence-corrected chi connectivity index (χ1v) is 7.01. The summed E-state index contributed by atoms with van der Waals surface area (Å²) < 4.78 is 13.7. The van der Waals surface area contributed by atoms with Crippen LogP contribution in [0.4, 0.5) is 4.39 Å². The Balaban J connectivity index is 2.02. The quantitative estimate of drug-likeness (QED) is 0.741. The number of hydrogen-bond donors (Lipinski definition) is 3. The van der Waals surface area contributed by atoms with Crippen LogP contribution in [0.1, 0.15) is 48.0 Å². The zero-order valence-electron chi connectivity index (χ0n) is 11.3. The Bertz CT molecular complexity index is 478. The lowest BCUT2D eigenvalue weighted by molar-refractivity contribution is 0.0696. The normalized spacial score (nSPS) is 23.3. The number of carboxylic acids is 1. The van der Waals surface area contributed by atoms with Crippen LogP contribution in [-0.4, -0.2) is 28.3 Å². The van der Waals surface area contributed by atoms with Gasteiger partial charge in [0.05, 0.1) is 11.7 Å². The fourth-order valence-electron chi connectivity index (χ4n) is 2.61. The highest BCUT2D eigenvalue weighted by molar-refractivity contribution is 5.87. The maximum Gasteiger partial charge on any atom is 0.335 e. The summed E-state index contributed by atoms with van der Waals surface area (Å²) in [6.45, 7) is 0.231. The Labute approximate surface area is 117 Å². The molecule has 2 unspecified atom stereocenters. The molecule has 0 saturated heterocycles. The van der Waals surface area contributed by atoms with Crippen LogP contribution >= 0.6 is 0 Å². The molecule has 0 spiro atoms. The van der Waals surface area contributed by atoms with Gasteiger partial charge in [-0.05, 0) is 31.0 Å². The summed E-state index contributed by atoms with van der Waals surface area (Å²) in [5.74, 6) is -1.49. The highest BCUT2D eigenvalue weighted by Crippen LogP contribution is 2.19. The SMILES string of the molecule is O=C(O)c1ccc(F)c(CNC2CCCCCC2O)c1. The summed E-state index contributed by atoms with van der Waals surface area (Å²) in [6, 6.07) is 3.71. The number of rotatable bonds is 4. The van der Waals surface area contributed by atoms with Crippen molar-refractivity contribution in [1.82, 2.24) is 5.32 Å². The van der Waals surface area contributed by atoms with Crippen molar-refractivity contribution in [1.29, 1.82) is 0 Å². The van der Waals surface area contributed by atoms with Crippen molar-refractivity contribution in [2.45, 2.75) is 50.8 Å². The minimum Gasteiger partial charge on any atom is -0.478 e. The summed E-state index contributed by atoms with van der Waals surface area (Å²) in [5, 5.41) is 22.1. The average Bonchev–Trinajstić information content (AvgIpc) is 2.62. The van der Waals surface area contributed by atoms with E-state index in [9.17, 15) is 14.3 Å². The van der Waals surface area contributed by atoms with Gasteiger partial charge in [0, 0.05) is 18.2 Å². The molecule has 4 nitrogen and oxygen atoms in total. The van der Waals surface area contributed by atoms with Crippen molar-refractivity contribution in [3.63, 3.8) is 0 Å². The van der Waals surface area contributed by atoms with Crippen LogP contribution < -0.4 is 5.32 Å². The van der Waals surface area contributed by atoms with Crippen LogP contribution in [0.3, 0.4) is 0 Å². The molecule has 0 bridgehead atoms. The van der Waals surface area contributed by atoms with E-state index in [1.807, 2.05) is 0 Å². The lowest BCUT2D eigenvalue weighted by Crippen LogP contribution is -2.38. The molecule has 0 heterocycles. The van der Waals surface area contributed by atoms with Crippen LogP contribution in [-0.2, 0) is 6.54 Å². The van der Waals surface area contributed by atoms with Crippen molar-refractivity contribution in [3.8, 4) is 0 Å². The van der Waals surface area contributed by atoms with Gasteiger partial charge in [0.15, 0.2) is 0 Å². The maximum absolute atomic E-state index is 13.7. The van der Waals surface area contributed by atoms with Crippen LogP contribution in [0.2, 0.25) is 0 Å². The highest BCUT2D eigenvalue weighted by Gasteiger charge is 2.21. The van der Waals surface area contributed by atoms with Gasteiger partial charge in [0.2, 0.25) is 0 Å². The number of benzene rings is 1. The fourth-order valence-corrected chi connectivity index (χ4v) is 2.61. The van der Waals surface area contributed by atoms with Crippen LogP contribution in [0.5, 0.6) is 0 Å². The number of carbonyl (C=O) groups is 1. The largest absolute Gasteiger partial charge is 0.478 e. The summed E-state index contributed by atoms with van der Waals surface area (Å²) in [5.41, 5.74) is 0.394. The lowest BCUT2D eigenvalue weighted by Gasteiger charge is -2.22. The van der Waals surface area contributed by atoms with Crippen LogP contribution in [0.25, 0.3) is 0 Å². The van der Waals surface area contributed by atoms with Gasteiger partial charge in [0.1, 0.15) is 5.82 Å². The minimum atomic E-state index is -1.07. The van der Waals surface area contributed by atoms with Gasteiger partial charge in [-0.1, -0.05) is 19.3 Å². The number of carboxylic acid groups (broad SMARTS) is 1. The van der Waals surface area contributed by atoms with E-state index in [0.29, 0.717) is 5.56 Å². The minimum absolute atomic E-state index is 0.0506. The third-order valence-electron chi connectivity index (χ3n) is 3.83. The van der Waals surface area contributed by atoms with E-state index >= 15 is 0 Å². The first-order chi connectivity index (χ1) is 9.58. The van der Waals surface area contributed by atoms with Crippen LogP contribution in [0, 0.1) is 5.82 Å². The molecule has 0 aliphatic heterocycles. The van der Waals surface area contributed by atoms with E-state index in [2.05, 4.69) is 5.32 Å². The van der Waals surface area contributed by atoms with Crippen molar-refractivity contribution < 1.29 is 19.4 Å². The van der Waals surface area contributed by atoms with Gasteiger partial charge >= 0.3 is 5.97 Å². The zero-order valence-corrected chi connectivity index (χ0v) is 11.3. The summed E-state index contributed by atoms with van der Waals surface area (Å²) in [4.78, 5) is 10.9. The van der Waals surface area contributed by atoms with E-state index in [1.165, 1.54) is 18.2 Å². The first-order valence-electron chi connectivity index (χ1n) is 7.01. The molecule has 110 valence electrons. The average molecular weight is 281 g/mol. The third kappa shape index (κ3) is 3.77. The van der Waals surface area contributed by atoms with Crippen molar-refractivity contribution in [3.05, 3.63) is 35.1 Å². The Hall–Kier alpha value is -1.46. The topological polar surface area (TPSA) is 69.6 Å². The molecule has 3 N–H and O–H groups in total. The van der Waals surface area contributed by atoms with Gasteiger partial charge < -0.3 is 15.5 Å². The third-order valence-corrected chi connectivity index (χ3v) is 3.83. The molecule has 1 aromatic rings. The van der Waals surface area contributed by atoms with E-state index in [0.717, 1.165) is 32.1 Å². The fraction of sp³-hybridized carbons (Fsp3) is 0.533. The molecular formula is C15H20FNO3. The molecule has 2 rings (SSSR count). The monoisotopic (exact) mass is 281 g/mol. The van der Waals surface area contributed by atoms with E-state index in [-0.39, 0.29) is 18.2 Å². The van der Waals surface area contributed by atoms with Crippen molar-refractivity contribution in [2.24, 2.45) is 0 Å². The number of aromatic carboxylic acids is 1. The zero-order chi connectivity index (χ0) is 14.5. The lowest BCUT2D eigenvalue weighted by atomic mass is 10.0. The molecule has 1 fully saturated rings. The number of halogens is 1. The Morgan fingerprint density at radius 2 is 2.05 bits per heavy atom. The van der Waals surface area contributed by atoms with Gasteiger partial charge in [-0.3, -0.25) is 0 Å². The Kier molecular flexibility index (Phi) is 5.09. The number of nitrogens with one attached hydrogen (secondary N) is 1.